The average molecular weight is 344 g/mol. The minimum Gasteiger partial charge on any atom is -0.384 e. The Morgan fingerprint density at radius 3 is 3.04 bits per heavy atom. The number of nitrogens with zero attached hydrogens (tertiary/aromatic N) is 3. The van der Waals surface area contributed by atoms with E-state index in [2.05, 4.69) is 34.5 Å². The molecule has 1 aliphatic carbocycles. The first-order chi connectivity index (χ1) is 12.1. The van der Waals surface area contributed by atoms with Gasteiger partial charge in [-0.25, -0.2) is 4.79 Å². The van der Waals surface area contributed by atoms with E-state index in [0.717, 1.165) is 6.42 Å². The maximum atomic E-state index is 12.5. The first kappa shape index (κ1) is 17.4. The van der Waals surface area contributed by atoms with Crippen molar-refractivity contribution < 1.29 is 14.1 Å². The van der Waals surface area contributed by atoms with Crippen LogP contribution in [0, 0.1) is 5.92 Å². The molecule has 7 heteroatoms. The summed E-state index contributed by atoms with van der Waals surface area (Å²) in [4.78, 5) is 18.4. The average Bonchev–Trinajstić information content (AvgIpc) is 3.17. The molecule has 2 atom stereocenters. The molecule has 2 aromatic rings. The van der Waals surface area contributed by atoms with Crippen LogP contribution in [0.25, 0.3) is 0 Å². The van der Waals surface area contributed by atoms with Gasteiger partial charge in [0.15, 0.2) is 5.82 Å². The van der Waals surface area contributed by atoms with Gasteiger partial charge in [0.1, 0.15) is 6.54 Å². The lowest BCUT2D eigenvalue weighted by Gasteiger charge is -2.23. The SMILES string of the molecule is COCCc1noc(CN(C)C(=O)N[C@@H]2c3ccccc3C[C@H]2C)n1. The van der Waals surface area contributed by atoms with E-state index >= 15 is 0 Å². The highest BCUT2D eigenvalue weighted by molar-refractivity contribution is 5.74. The van der Waals surface area contributed by atoms with Gasteiger partial charge in [-0.1, -0.05) is 36.3 Å². The summed E-state index contributed by atoms with van der Waals surface area (Å²) in [5, 5.41) is 7.01. The molecule has 0 fully saturated rings. The summed E-state index contributed by atoms with van der Waals surface area (Å²) >= 11 is 0. The molecule has 0 aliphatic heterocycles. The van der Waals surface area contributed by atoms with Gasteiger partial charge in [-0.3, -0.25) is 0 Å². The standard InChI is InChI=1S/C18H24N4O3/c1-12-10-13-6-4-5-7-14(13)17(12)20-18(23)22(2)11-16-19-15(21-25-16)8-9-24-3/h4-7,12,17H,8-11H2,1-3H3,(H,20,23)/t12-,17+/m1/s1. The molecule has 134 valence electrons. The number of hydrogen-bond donors (Lipinski definition) is 1. The Balaban J connectivity index is 1.59. The third-order valence-electron chi connectivity index (χ3n) is 4.54. The van der Waals surface area contributed by atoms with E-state index < -0.39 is 0 Å². The first-order valence-corrected chi connectivity index (χ1v) is 8.48. The summed E-state index contributed by atoms with van der Waals surface area (Å²) in [6, 6.07) is 8.15. The molecule has 0 unspecified atom stereocenters. The van der Waals surface area contributed by atoms with Crippen molar-refractivity contribution in [2.24, 2.45) is 5.92 Å². The number of amides is 2. The van der Waals surface area contributed by atoms with E-state index in [1.54, 1.807) is 19.1 Å². The zero-order chi connectivity index (χ0) is 17.8. The highest BCUT2D eigenvalue weighted by Gasteiger charge is 2.31. The topological polar surface area (TPSA) is 80.5 Å². The van der Waals surface area contributed by atoms with E-state index in [1.807, 2.05) is 12.1 Å². The van der Waals surface area contributed by atoms with Gasteiger partial charge < -0.3 is 19.5 Å². The number of hydrogen-bond acceptors (Lipinski definition) is 5. The summed E-state index contributed by atoms with van der Waals surface area (Å²) in [6.45, 7) is 2.97. The van der Waals surface area contributed by atoms with Crippen molar-refractivity contribution in [3.05, 3.63) is 47.1 Å². The van der Waals surface area contributed by atoms with E-state index in [1.165, 1.54) is 11.1 Å². The molecule has 1 heterocycles. The summed E-state index contributed by atoms with van der Waals surface area (Å²) in [5.74, 6) is 1.38. The number of nitrogens with one attached hydrogen (secondary N) is 1. The van der Waals surface area contributed by atoms with Crippen LogP contribution in [0.1, 0.15) is 35.8 Å². The summed E-state index contributed by atoms with van der Waals surface area (Å²) in [6.07, 6.45) is 1.57. The maximum Gasteiger partial charge on any atom is 0.318 e. The predicted molar refractivity (Wildman–Crippen MR) is 91.9 cm³/mol. The number of rotatable bonds is 6. The van der Waals surface area contributed by atoms with Crippen LogP contribution in [0.2, 0.25) is 0 Å². The summed E-state index contributed by atoms with van der Waals surface area (Å²) < 4.78 is 10.2. The Bertz CT molecular complexity index is 731. The van der Waals surface area contributed by atoms with E-state index in [0.29, 0.717) is 30.7 Å². The second-order valence-electron chi connectivity index (χ2n) is 6.51. The number of methoxy groups -OCH3 is 1. The third-order valence-corrected chi connectivity index (χ3v) is 4.54. The van der Waals surface area contributed by atoms with Crippen LogP contribution < -0.4 is 5.32 Å². The van der Waals surface area contributed by atoms with Gasteiger partial charge in [0.2, 0.25) is 5.89 Å². The fourth-order valence-corrected chi connectivity index (χ4v) is 3.18. The van der Waals surface area contributed by atoms with Crippen molar-refractivity contribution in [2.75, 3.05) is 20.8 Å². The maximum absolute atomic E-state index is 12.5. The number of urea groups is 1. The second-order valence-corrected chi connectivity index (χ2v) is 6.51. The minimum atomic E-state index is -0.148. The zero-order valence-electron chi connectivity index (χ0n) is 14.9. The van der Waals surface area contributed by atoms with Crippen molar-refractivity contribution in [2.45, 2.75) is 32.4 Å². The van der Waals surface area contributed by atoms with Gasteiger partial charge >= 0.3 is 6.03 Å². The molecule has 0 radical (unpaired) electrons. The van der Waals surface area contributed by atoms with Crippen LogP contribution >= 0.6 is 0 Å². The minimum absolute atomic E-state index is 0.0334. The van der Waals surface area contributed by atoms with Crippen LogP contribution in [0.5, 0.6) is 0 Å². The first-order valence-electron chi connectivity index (χ1n) is 8.48. The van der Waals surface area contributed by atoms with E-state index in [4.69, 9.17) is 9.26 Å². The van der Waals surface area contributed by atoms with Crippen LogP contribution in [-0.2, 0) is 24.1 Å². The quantitative estimate of drug-likeness (QED) is 0.870. The lowest BCUT2D eigenvalue weighted by atomic mass is 10.0. The molecule has 1 aromatic carbocycles. The fraction of sp³-hybridized carbons (Fsp3) is 0.500. The number of ether oxygens (including phenoxy) is 1. The lowest BCUT2D eigenvalue weighted by Crippen LogP contribution is -2.40. The van der Waals surface area contributed by atoms with Crippen molar-refractivity contribution in [1.29, 1.82) is 0 Å². The van der Waals surface area contributed by atoms with Gasteiger partial charge in [0.25, 0.3) is 0 Å². The van der Waals surface area contributed by atoms with Crippen molar-refractivity contribution in [3.8, 4) is 0 Å². The van der Waals surface area contributed by atoms with Gasteiger partial charge in [-0.05, 0) is 23.5 Å². The summed E-state index contributed by atoms with van der Waals surface area (Å²) in [7, 11) is 3.35. The van der Waals surface area contributed by atoms with Gasteiger partial charge in [0, 0.05) is 20.6 Å². The third kappa shape index (κ3) is 3.99. The normalized spacial score (nSPS) is 18.8. The number of benzene rings is 1. The molecule has 0 bridgehead atoms. The molecular formula is C18H24N4O3. The van der Waals surface area contributed by atoms with Crippen LogP contribution in [-0.4, -0.2) is 41.8 Å². The van der Waals surface area contributed by atoms with Crippen molar-refractivity contribution >= 4 is 6.03 Å². The smallest absolute Gasteiger partial charge is 0.318 e. The van der Waals surface area contributed by atoms with Gasteiger partial charge in [-0.2, -0.15) is 4.98 Å². The number of carbonyl (C=O) groups excluding carboxylic acids is 1. The fourth-order valence-electron chi connectivity index (χ4n) is 3.18. The molecule has 7 nitrogen and oxygen atoms in total. The highest BCUT2D eigenvalue weighted by Crippen LogP contribution is 2.35. The van der Waals surface area contributed by atoms with Crippen LogP contribution in [0.3, 0.4) is 0 Å². The second kappa shape index (κ2) is 7.65. The van der Waals surface area contributed by atoms with Gasteiger partial charge in [0.05, 0.1) is 12.6 Å². The molecule has 0 spiro atoms. The molecule has 3 rings (SSSR count). The number of aromatic nitrogens is 2. The number of fused-ring (bicyclic) bond motifs is 1. The molecule has 1 N–H and O–H groups in total. The zero-order valence-corrected chi connectivity index (χ0v) is 14.9. The molecule has 1 aliphatic rings. The molecule has 0 saturated heterocycles. The van der Waals surface area contributed by atoms with E-state index in [9.17, 15) is 4.79 Å². The monoisotopic (exact) mass is 344 g/mol. The Labute approximate surface area is 147 Å². The number of carbonyl (C=O) groups is 1. The highest BCUT2D eigenvalue weighted by atomic mass is 16.5. The predicted octanol–water partition coefficient (Wildman–Crippen LogP) is 2.33. The Morgan fingerprint density at radius 1 is 1.44 bits per heavy atom. The molecular weight excluding hydrogens is 320 g/mol. The van der Waals surface area contributed by atoms with Crippen LogP contribution in [0.15, 0.2) is 28.8 Å². The molecule has 2 amide bonds. The largest absolute Gasteiger partial charge is 0.384 e. The van der Waals surface area contributed by atoms with Crippen molar-refractivity contribution in [1.82, 2.24) is 20.4 Å². The van der Waals surface area contributed by atoms with Crippen molar-refractivity contribution in [3.63, 3.8) is 0 Å². The molecule has 1 aromatic heterocycles. The van der Waals surface area contributed by atoms with Crippen LogP contribution in [0.4, 0.5) is 4.79 Å². The Kier molecular flexibility index (Phi) is 5.33. The Hall–Kier alpha value is -2.41. The van der Waals surface area contributed by atoms with Gasteiger partial charge in [-0.15, -0.1) is 0 Å². The lowest BCUT2D eigenvalue weighted by molar-refractivity contribution is 0.192. The summed E-state index contributed by atoms with van der Waals surface area (Å²) in [5.41, 5.74) is 2.51. The molecule has 25 heavy (non-hydrogen) atoms. The van der Waals surface area contributed by atoms with E-state index in [-0.39, 0.29) is 18.6 Å². The Morgan fingerprint density at radius 2 is 2.24 bits per heavy atom. The molecule has 0 saturated carbocycles.